The Morgan fingerprint density at radius 1 is 1.38 bits per heavy atom. The lowest BCUT2D eigenvalue weighted by molar-refractivity contribution is 0.137. The van der Waals surface area contributed by atoms with Crippen LogP contribution in [0.15, 0.2) is 30.8 Å². The summed E-state index contributed by atoms with van der Waals surface area (Å²) in [6.07, 6.45) is 0. The number of benzene rings is 1. The Kier molecular flexibility index (Phi) is 3.31. The number of rotatable bonds is 4. The molecule has 1 aromatic rings. The largest absolute Gasteiger partial charge is 0.324 e. The van der Waals surface area contributed by atoms with Crippen LogP contribution < -0.4 is 16.7 Å². The maximum atomic E-state index is 5.22. The first-order valence-electron chi connectivity index (χ1n) is 3.83. The molecular weight excluding hydrogens is 166 g/mol. The molecule has 0 bridgehead atoms. The quantitative estimate of drug-likeness (QED) is 0.478. The van der Waals surface area contributed by atoms with Crippen LogP contribution in [0.4, 0.5) is 5.69 Å². The zero-order valence-corrected chi connectivity index (χ0v) is 7.50. The molecule has 0 spiro atoms. The van der Waals surface area contributed by atoms with Crippen LogP contribution in [-0.2, 0) is 4.84 Å². The van der Waals surface area contributed by atoms with Crippen molar-refractivity contribution in [1.29, 1.82) is 0 Å². The molecule has 0 amide bonds. The van der Waals surface area contributed by atoms with Gasteiger partial charge in [0.2, 0.25) is 0 Å². The van der Waals surface area contributed by atoms with Crippen LogP contribution in [0.1, 0.15) is 5.56 Å². The van der Waals surface area contributed by atoms with Crippen molar-refractivity contribution in [3.63, 3.8) is 0 Å². The van der Waals surface area contributed by atoms with Gasteiger partial charge in [-0.1, -0.05) is 18.7 Å². The molecule has 4 N–H and O–H groups in total. The molecule has 0 unspecified atom stereocenters. The van der Waals surface area contributed by atoms with Crippen LogP contribution in [-0.4, -0.2) is 7.11 Å². The van der Waals surface area contributed by atoms with E-state index in [0.717, 1.165) is 11.3 Å². The molecule has 0 aliphatic heterocycles. The summed E-state index contributed by atoms with van der Waals surface area (Å²) < 4.78 is 0. The fourth-order valence-corrected chi connectivity index (χ4v) is 0.950. The number of hydrogen-bond acceptors (Lipinski definition) is 4. The molecule has 1 aromatic carbocycles. The van der Waals surface area contributed by atoms with Gasteiger partial charge in [-0.05, 0) is 17.7 Å². The Morgan fingerprint density at radius 2 is 2.00 bits per heavy atom. The monoisotopic (exact) mass is 179 g/mol. The average Bonchev–Trinajstić information content (AvgIpc) is 2.18. The molecule has 0 radical (unpaired) electrons. The van der Waals surface area contributed by atoms with E-state index >= 15 is 0 Å². The molecule has 4 heteroatoms. The molecule has 0 atom stereocenters. The van der Waals surface area contributed by atoms with E-state index in [2.05, 4.69) is 17.5 Å². The number of nitrogen functional groups attached to an aromatic ring is 1. The summed E-state index contributed by atoms with van der Waals surface area (Å²) in [5, 5.41) is 0. The van der Waals surface area contributed by atoms with Gasteiger partial charge in [-0.3, -0.25) is 16.2 Å². The summed E-state index contributed by atoms with van der Waals surface area (Å²) in [7, 11) is 1.54. The molecule has 0 aromatic heterocycles. The first kappa shape index (κ1) is 9.57. The molecule has 0 saturated carbocycles. The third-order valence-electron chi connectivity index (χ3n) is 1.63. The Bertz CT molecular complexity index is 281. The number of hydrazine groups is 1. The Labute approximate surface area is 77.3 Å². The lowest BCUT2D eigenvalue weighted by Gasteiger charge is -2.07. The molecule has 13 heavy (non-hydrogen) atoms. The molecule has 70 valence electrons. The maximum absolute atomic E-state index is 5.22. The van der Waals surface area contributed by atoms with Crippen LogP contribution in [0.5, 0.6) is 0 Å². The standard InChI is InChI=1S/C9H13N3O/c1-7(12-13-2)8-3-5-9(11-10)6-4-8/h3-6,11-12H,1,10H2,2H3. The van der Waals surface area contributed by atoms with Gasteiger partial charge in [-0.25, -0.2) is 0 Å². The third-order valence-corrected chi connectivity index (χ3v) is 1.63. The average molecular weight is 179 g/mol. The van der Waals surface area contributed by atoms with Crippen molar-refractivity contribution in [2.45, 2.75) is 0 Å². The first-order chi connectivity index (χ1) is 6.27. The molecule has 4 nitrogen and oxygen atoms in total. The normalized spacial score (nSPS) is 9.38. The van der Waals surface area contributed by atoms with E-state index < -0.39 is 0 Å². The van der Waals surface area contributed by atoms with Gasteiger partial charge >= 0.3 is 0 Å². The van der Waals surface area contributed by atoms with E-state index in [9.17, 15) is 0 Å². The van der Waals surface area contributed by atoms with Crippen molar-refractivity contribution in [2.75, 3.05) is 12.5 Å². The second-order valence-corrected chi connectivity index (χ2v) is 2.51. The van der Waals surface area contributed by atoms with Crippen LogP contribution in [0, 0.1) is 0 Å². The number of nitrogens with two attached hydrogens (primary N) is 1. The molecule has 0 aliphatic carbocycles. The Morgan fingerprint density at radius 3 is 2.46 bits per heavy atom. The predicted octanol–water partition coefficient (Wildman–Crippen LogP) is 1.09. The Balaban J connectivity index is 2.74. The Hall–Kier alpha value is -1.52. The SMILES string of the molecule is C=C(NOC)c1ccc(NN)cc1. The molecule has 0 aliphatic rings. The summed E-state index contributed by atoms with van der Waals surface area (Å²) >= 11 is 0. The van der Waals surface area contributed by atoms with E-state index in [-0.39, 0.29) is 0 Å². The highest BCUT2D eigenvalue weighted by atomic mass is 16.6. The number of hydrogen-bond donors (Lipinski definition) is 3. The minimum Gasteiger partial charge on any atom is -0.324 e. The summed E-state index contributed by atoms with van der Waals surface area (Å²) in [6.45, 7) is 3.78. The van der Waals surface area contributed by atoms with Crippen molar-refractivity contribution >= 4 is 11.4 Å². The van der Waals surface area contributed by atoms with Gasteiger partial charge in [0.15, 0.2) is 0 Å². The molecule has 0 heterocycles. The van der Waals surface area contributed by atoms with Crippen LogP contribution in [0.3, 0.4) is 0 Å². The molecular formula is C9H13N3O. The highest BCUT2D eigenvalue weighted by molar-refractivity contribution is 5.63. The van der Waals surface area contributed by atoms with Crippen LogP contribution >= 0.6 is 0 Å². The van der Waals surface area contributed by atoms with E-state index in [1.165, 1.54) is 0 Å². The fourth-order valence-electron chi connectivity index (χ4n) is 0.950. The van der Waals surface area contributed by atoms with Gasteiger partial charge in [0.1, 0.15) is 0 Å². The topological polar surface area (TPSA) is 59.3 Å². The van der Waals surface area contributed by atoms with Gasteiger partial charge in [0, 0.05) is 5.69 Å². The number of nitrogens with one attached hydrogen (secondary N) is 2. The molecule has 0 saturated heterocycles. The molecule has 1 rings (SSSR count). The van der Waals surface area contributed by atoms with Gasteiger partial charge < -0.3 is 5.43 Å². The van der Waals surface area contributed by atoms with E-state index in [1.807, 2.05) is 24.3 Å². The number of hydroxylamine groups is 1. The fraction of sp³-hybridized carbons (Fsp3) is 0.111. The minimum atomic E-state index is 0.714. The number of anilines is 1. The lowest BCUT2D eigenvalue weighted by atomic mass is 10.2. The van der Waals surface area contributed by atoms with Crippen molar-refractivity contribution in [3.8, 4) is 0 Å². The van der Waals surface area contributed by atoms with Gasteiger partial charge in [0.25, 0.3) is 0 Å². The van der Waals surface area contributed by atoms with Gasteiger partial charge in [0.05, 0.1) is 12.8 Å². The predicted molar refractivity (Wildman–Crippen MR) is 53.4 cm³/mol. The van der Waals surface area contributed by atoms with Crippen molar-refractivity contribution < 1.29 is 4.84 Å². The van der Waals surface area contributed by atoms with Gasteiger partial charge in [-0.2, -0.15) is 0 Å². The van der Waals surface area contributed by atoms with Crippen LogP contribution in [0.2, 0.25) is 0 Å². The van der Waals surface area contributed by atoms with E-state index in [0.29, 0.717) is 5.70 Å². The van der Waals surface area contributed by atoms with Gasteiger partial charge in [-0.15, -0.1) is 0 Å². The zero-order chi connectivity index (χ0) is 9.68. The van der Waals surface area contributed by atoms with Crippen molar-refractivity contribution in [2.24, 2.45) is 5.84 Å². The lowest BCUT2D eigenvalue weighted by Crippen LogP contribution is -2.09. The maximum Gasteiger partial charge on any atom is 0.0636 e. The van der Waals surface area contributed by atoms with E-state index in [4.69, 9.17) is 10.7 Å². The molecule has 0 fully saturated rings. The van der Waals surface area contributed by atoms with E-state index in [1.54, 1.807) is 7.11 Å². The summed E-state index contributed by atoms with van der Waals surface area (Å²) in [6, 6.07) is 7.50. The van der Waals surface area contributed by atoms with Crippen molar-refractivity contribution in [3.05, 3.63) is 36.4 Å². The summed E-state index contributed by atoms with van der Waals surface area (Å²) in [5.41, 5.74) is 7.73. The van der Waals surface area contributed by atoms with Crippen molar-refractivity contribution in [1.82, 2.24) is 5.48 Å². The summed E-state index contributed by atoms with van der Waals surface area (Å²) in [5.74, 6) is 5.22. The smallest absolute Gasteiger partial charge is 0.0636 e. The minimum absolute atomic E-state index is 0.714. The highest BCUT2D eigenvalue weighted by Gasteiger charge is 1.96. The zero-order valence-electron chi connectivity index (χ0n) is 7.50. The second kappa shape index (κ2) is 4.49. The third kappa shape index (κ3) is 2.47. The highest BCUT2D eigenvalue weighted by Crippen LogP contribution is 2.12. The summed E-state index contributed by atoms with van der Waals surface area (Å²) in [4.78, 5) is 4.72. The van der Waals surface area contributed by atoms with Crippen LogP contribution in [0.25, 0.3) is 5.70 Å². The second-order valence-electron chi connectivity index (χ2n) is 2.51. The first-order valence-corrected chi connectivity index (χ1v) is 3.83.